The van der Waals surface area contributed by atoms with Gasteiger partial charge in [0, 0.05) is 17.0 Å². The zero-order chi connectivity index (χ0) is 25.5. The number of halogens is 1. The normalized spacial score (nSPS) is 14.1. The number of aromatic nitrogens is 2. The Hall–Kier alpha value is -3.68. The quantitative estimate of drug-likeness (QED) is 0.228. The molecule has 0 saturated heterocycles. The van der Waals surface area contributed by atoms with Gasteiger partial charge in [-0.25, -0.2) is 0 Å². The summed E-state index contributed by atoms with van der Waals surface area (Å²) in [6.45, 7) is 0.687. The third-order valence-electron chi connectivity index (χ3n) is 6.42. The minimum Gasteiger partial charge on any atom is -0.439 e. The van der Waals surface area contributed by atoms with Crippen molar-refractivity contribution < 1.29 is 9.47 Å². The third kappa shape index (κ3) is 6.56. The van der Waals surface area contributed by atoms with E-state index >= 15 is 0 Å². The molecule has 1 aromatic heterocycles. The first kappa shape index (κ1) is 25.0. The van der Waals surface area contributed by atoms with E-state index < -0.39 is 0 Å². The lowest BCUT2D eigenvalue weighted by molar-refractivity contribution is 0.433. The summed E-state index contributed by atoms with van der Waals surface area (Å²) in [5, 5.41) is 7.67. The largest absolute Gasteiger partial charge is 0.439 e. The van der Waals surface area contributed by atoms with E-state index in [0.717, 1.165) is 17.9 Å². The van der Waals surface area contributed by atoms with Crippen molar-refractivity contribution in [3.63, 3.8) is 0 Å². The maximum atomic E-state index is 6.30. The molecule has 0 bridgehead atoms. The molecule has 4 aromatic rings. The summed E-state index contributed by atoms with van der Waals surface area (Å²) in [4.78, 5) is 9.02. The summed E-state index contributed by atoms with van der Waals surface area (Å²) in [6.07, 6.45) is 4.51. The first-order chi connectivity index (χ1) is 18.1. The topological polar surface area (TPSA) is 68.3 Å². The monoisotopic (exact) mass is 530 g/mol. The maximum Gasteiger partial charge on any atom is 0.235 e. The lowest BCUT2D eigenvalue weighted by Crippen LogP contribution is -2.41. The van der Waals surface area contributed by atoms with Crippen molar-refractivity contribution in [3.8, 4) is 23.3 Å². The lowest BCUT2D eigenvalue weighted by Gasteiger charge is -2.30. The summed E-state index contributed by atoms with van der Waals surface area (Å²) in [5.74, 6) is 2.26. The van der Waals surface area contributed by atoms with Gasteiger partial charge in [-0.1, -0.05) is 73.0 Å². The van der Waals surface area contributed by atoms with Crippen LogP contribution in [0.15, 0.2) is 91.0 Å². The number of nitrogens with zero attached hydrogens (tertiary/aromatic N) is 2. The van der Waals surface area contributed by atoms with Crippen LogP contribution in [0.2, 0.25) is 5.02 Å². The number of benzene rings is 3. The van der Waals surface area contributed by atoms with Crippen LogP contribution < -0.4 is 20.1 Å². The van der Waals surface area contributed by atoms with Gasteiger partial charge in [-0.15, -0.1) is 0 Å². The minimum absolute atomic E-state index is 0.0165. The number of ether oxygens (including phenoxy) is 2. The molecule has 1 aliphatic carbocycles. The van der Waals surface area contributed by atoms with E-state index in [1.54, 1.807) is 6.07 Å². The van der Waals surface area contributed by atoms with Crippen LogP contribution in [-0.2, 0) is 5.41 Å². The van der Waals surface area contributed by atoms with Crippen LogP contribution in [0.4, 0.5) is 5.95 Å². The highest BCUT2D eigenvalue weighted by atomic mass is 35.5. The molecule has 1 heterocycles. The molecule has 1 aliphatic rings. The molecule has 188 valence electrons. The fourth-order valence-corrected chi connectivity index (χ4v) is 4.97. The van der Waals surface area contributed by atoms with Crippen LogP contribution >= 0.6 is 23.8 Å². The summed E-state index contributed by atoms with van der Waals surface area (Å²) in [7, 11) is 0. The molecule has 37 heavy (non-hydrogen) atoms. The average molecular weight is 531 g/mol. The molecule has 5 rings (SSSR count). The highest BCUT2D eigenvalue weighted by Crippen LogP contribution is 2.41. The Balaban J connectivity index is 1.32. The van der Waals surface area contributed by atoms with Crippen LogP contribution in [0.5, 0.6) is 23.3 Å². The molecule has 2 N–H and O–H groups in total. The van der Waals surface area contributed by atoms with Gasteiger partial charge in [0.2, 0.25) is 17.7 Å². The second-order valence-corrected chi connectivity index (χ2v) is 9.85. The van der Waals surface area contributed by atoms with Crippen LogP contribution in [0.3, 0.4) is 0 Å². The molecule has 6 nitrogen and oxygen atoms in total. The fourth-order valence-electron chi connectivity index (χ4n) is 4.62. The van der Waals surface area contributed by atoms with Gasteiger partial charge in [-0.2, -0.15) is 9.97 Å². The van der Waals surface area contributed by atoms with Crippen LogP contribution in [0.1, 0.15) is 31.2 Å². The van der Waals surface area contributed by atoms with Gasteiger partial charge in [0.05, 0.1) is 6.07 Å². The summed E-state index contributed by atoms with van der Waals surface area (Å²) in [5.41, 5.74) is 1.22. The van der Waals surface area contributed by atoms with E-state index in [1.807, 2.05) is 72.8 Å². The number of anilines is 1. The first-order valence-electron chi connectivity index (χ1n) is 12.2. The summed E-state index contributed by atoms with van der Waals surface area (Å²) in [6, 6.07) is 28.6. The second kappa shape index (κ2) is 11.6. The SMILES string of the molecule is S=C(NCC1(c2cccc(Cl)c2)CCCC1)Nc1nc(Oc2ccccc2)cc(Oc2ccccc2)n1. The van der Waals surface area contributed by atoms with Crippen LogP contribution in [0, 0.1) is 0 Å². The number of para-hydroxylation sites is 2. The maximum absolute atomic E-state index is 6.30. The van der Waals surface area contributed by atoms with E-state index in [1.165, 1.54) is 18.4 Å². The van der Waals surface area contributed by atoms with Crippen molar-refractivity contribution in [2.24, 2.45) is 0 Å². The van der Waals surface area contributed by atoms with Gasteiger partial charge in [0.15, 0.2) is 5.11 Å². The molecule has 0 atom stereocenters. The molecule has 0 unspecified atom stereocenters. The Bertz CT molecular complexity index is 1290. The molecule has 0 amide bonds. The van der Waals surface area contributed by atoms with Gasteiger partial charge < -0.3 is 20.1 Å². The molecule has 3 aromatic carbocycles. The minimum atomic E-state index is -0.0165. The van der Waals surface area contributed by atoms with Gasteiger partial charge in [-0.3, -0.25) is 0 Å². The smallest absolute Gasteiger partial charge is 0.235 e. The molecular formula is C29H27ClN4O2S. The van der Waals surface area contributed by atoms with E-state index in [9.17, 15) is 0 Å². The van der Waals surface area contributed by atoms with Gasteiger partial charge >= 0.3 is 0 Å². The highest BCUT2D eigenvalue weighted by molar-refractivity contribution is 7.80. The molecule has 1 fully saturated rings. The first-order valence-corrected chi connectivity index (χ1v) is 13.0. The number of hydrogen-bond acceptors (Lipinski definition) is 5. The second-order valence-electron chi connectivity index (χ2n) is 9.00. The highest BCUT2D eigenvalue weighted by Gasteiger charge is 2.35. The molecule has 0 aliphatic heterocycles. The van der Waals surface area contributed by atoms with Crippen molar-refractivity contribution in [1.82, 2.24) is 15.3 Å². The molecule has 1 saturated carbocycles. The molecule has 8 heteroatoms. The molecule has 0 spiro atoms. The van der Waals surface area contributed by atoms with E-state index in [4.69, 9.17) is 33.3 Å². The standard InChI is InChI=1S/C29H27ClN4O2S/c30-22-11-9-10-21(18-22)29(16-7-8-17-29)20-31-28(37)34-27-32-25(35-23-12-3-1-4-13-23)19-26(33-27)36-24-14-5-2-6-15-24/h1-6,9-15,18-19H,7-8,16-17,20H2,(H2,31,32,33,34,37). The zero-order valence-electron chi connectivity index (χ0n) is 20.2. The van der Waals surface area contributed by atoms with Gasteiger partial charge in [0.25, 0.3) is 0 Å². The van der Waals surface area contributed by atoms with Crippen molar-refractivity contribution >= 4 is 34.9 Å². The number of rotatable bonds is 8. The summed E-state index contributed by atoms with van der Waals surface area (Å²) < 4.78 is 11.9. The lowest BCUT2D eigenvalue weighted by atomic mass is 9.79. The third-order valence-corrected chi connectivity index (χ3v) is 6.90. The van der Waals surface area contributed by atoms with E-state index in [-0.39, 0.29) is 11.4 Å². The van der Waals surface area contributed by atoms with Crippen LogP contribution in [0.25, 0.3) is 0 Å². The van der Waals surface area contributed by atoms with Crippen molar-refractivity contribution in [1.29, 1.82) is 0 Å². The average Bonchev–Trinajstić information content (AvgIpc) is 3.39. The van der Waals surface area contributed by atoms with Gasteiger partial charge in [0.1, 0.15) is 11.5 Å². The van der Waals surface area contributed by atoms with Crippen molar-refractivity contribution in [2.75, 3.05) is 11.9 Å². The number of hydrogen-bond donors (Lipinski definition) is 2. The van der Waals surface area contributed by atoms with Crippen LogP contribution in [-0.4, -0.2) is 21.6 Å². The Morgan fingerprint density at radius 1 is 0.811 bits per heavy atom. The fraction of sp³-hybridized carbons (Fsp3) is 0.207. The number of nitrogens with one attached hydrogen (secondary N) is 2. The van der Waals surface area contributed by atoms with Crippen molar-refractivity contribution in [2.45, 2.75) is 31.1 Å². The van der Waals surface area contributed by atoms with E-state index in [2.05, 4.69) is 32.7 Å². The van der Waals surface area contributed by atoms with Gasteiger partial charge in [-0.05, 0) is 67.0 Å². The predicted molar refractivity (Wildman–Crippen MR) is 151 cm³/mol. The van der Waals surface area contributed by atoms with Crippen molar-refractivity contribution in [3.05, 3.63) is 102 Å². The Kier molecular flexibility index (Phi) is 7.82. The zero-order valence-corrected chi connectivity index (χ0v) is 21.8. The Labute approximate surface area is 227 Å². The Morgan fingerprint density at radius 3 is 1.97 bits per heavy atom. The van der Waals surface area contributed by atoms with E-state index in [0.29, 0.717) is 34.9 Å². The molecular weight excluding hydrogens is 504 g/mol. The Morgan fingerprint density at radius 2 is 1.41 bits per heavy atom. The number of thiocarbonyl (C=S) groups is 1. The predicted octanol–water partition coefficient (Wildman–Crippen LogP) is 7.51. The molecule has 0 radical (unpaired) electrons. The summed E-state index contributed by atoms with van der Waals surface area (Å²) >= 11 is 11.9.